The second-order valence-corrected chi connectivity index (χ2v) is 4.71. The van der Waals surface area contributed by atoms with Crippen LogP contribution in [-0.4, -0.2) is 5.60 Å². The molecule has 1 aromatic carbocycles. The molecule has 2 nitrogen and oxygen atoms in total. The normalized spacial score (nSPS) is 23.9. The van der Waals surface area contributed by atoms with E-state index >= 15 is 0 Å². The molecule has 0 amide bonds. The lowest BCUT2D eigenvalue weighted by Crippen LogP contribution is -2.37. The Hall–Kier alpha value is -1.02. The third-order valence-corrected chi connectivity index (χ3v) is 2.67. The molecule has 14 heavy (non-hydrogen) atoms. The first-order valence-electron chi connectivity index (χ1n) is 5.03. The molecule has 1 heterocycles. The van der Waals surface area contributed by atoms with Gasteiger partial charge in [-0.1, -0.05) is 12.1 Å². The maximum absolute atomic E-state index is 6.09. The quantitative estimate of drug-likeness (QED) is 0.684. The molecule has 2 N–H and O–H groups in total. The van der Waals surface area contributed by atoms with Crippen LogP contribution in [0.5, 0.6) is 5.75 Å². The summed E-state index contributed by atoms with van der Waals surface area (Å²) >= 11 is 0. The zero-order chi connectivity index (χ0) is 10.3. The first-order valence-corrected chi connectivity index (χ1v) is 5.03. The molecule has 0 bridgehead atoms. The van der Waals surface area contributed by atoms with Gasteiger partial charge in [0.2, 0.25) is 0 Å². The number of fused-ring (bicyclic) bond motifs is 1. The molecule has 0 radical (unpaired) electrons. The third-order valence-electron chi connectivity index (χ3n) is 2.67. The maximum Gasteiger partial charge on any atom is 0.125 e. The van der Waals surface area contributed by atoms with E-state index in [1.165, 1.54) is 5.56 Å². The summed E-state index contributed by atoms with van der Waals surface area (Å²) in [4.78, 5) is 0. The lowest BCUT2D eigenvalue weighted by Gasteiger charge is -2.36. The Labute approximate surface area is 85.1 Å². The van der Waals surface area contributed by atoms with Crippen molar-refractivity contribution in [3.8, 4) is 5.75 Å². The Balaban J connectivity index is 2.46. The van der Waals surface area contributed by atoms with Crippen molar-refractivity contribution in [2.24, 2.45) is 5.73 Å². The van der Waals surface area contributed by atoms with E-state index in [0.717, 1.165) is 17.7 Å². The molecule has 1 aliphatic heterocycles. The first-order chi connectivity index (χ1) is 6.48. The summed E-state index contributed by atoms with van der Waals surface area (Å²) in [5.41, 5.74) is 8.30. The van der Waals surface area contributed by atoms with Crippen molar-refractivity contribution >= 4 is 0 Å². The van der Waals surface area contributed by atoms with Gasteiger partial charge in [-0.25, -0.2) is 0 Å². The lowest BCUT2D eigenvalue weighted by molar-refractivity contribution is 0.0728. The smallest absolute Gasteiger partial charge is 0.125 e. The molecule has 0 aliphatic carbocycles. The topological polar surface area (TPSA) is 35.2 Å². The highest BCUT2D eigenvalue weighted by atomic mass is 16.5. The molecule has 1 aliphatic rings. The van der Waals surface area contributed by atoms with Crippen molar-refractivity contribution in [3.63, 3.8) is 0 Å². The van der Waals surface area contributed by atoms with Crippen LogP contribution in [0.1, 0.15) is 37.4 Å². The van der Waals surface area contributed by atoms with E-state index in [1.54, 1.807) is 0 Å². The fourth-order valence-electron chi connectivity index (χ4n) is 2.02. The molecule has 1 aromatic rings. The number of benzene rings is 1. The first kappa shape index (κ1) is 9.53. The molecule has 0 unspecified atom stereocenters. The van der Waals surface area contributed by atoms with Crippen LogP contribution in [0, 0.1) is 6.92 Å². The van der Waals surface area contributed by atoms with E-state index in [0.29, 0.717) is 0 Å². The van der Waals surface area contributed by atoms with Crippen molar-refractivity contribution in [1.82, 2.24) is 0 Å². The van der Waals surface area contributed by atoms with Gasteiger partial charge in [0.1, 0.15) is 11.4 Å². The van der Waals surface area contributed by atoms with Gasteiger partial charge in [-0.2, -0.15) is 0 Å². The van der Waals surface area contributed by atoms with Gasteiger partial charge in [-0.15, -0.1) is 0 Å². The highest BCUT2D eigenvalue weighted by Gasteiger charge is 2.31. The van der Waals surface area contributed by atoms with Gasteiger partial charge in [0.15, 0.2) is 0 Å². The molecular formula is C12H17NO. The Morgan fingerprint density at radius 2 is 2.14 bits per heavy atom. The van der Waals surface area contributed by atoms with E-state index in [-0.39, 0.29) is 11.6 Å². The minimum Gasteiger partial charge on any atom is -0.487 e. The largest absolute Gasteiger partial charge is 0.487 e. The van der Waals surface area contributed by atoms with Crippen LogP contribution in [0.4, 0.5) is 0 Å². The lowest BCUT2D eigenvalue weighted by atomic mass is 9.90. The van der Waals surface area contributed by atoms with Crippen molar-refractivity contribution in [2.75, 3.05) is 0 Å². The third kappa shape index (κ3) is 1.62. The highest BCUT2D eigenvalue weighted by Crippen LogP contribution is 2.38. The monoisotopic (exact) mass is 191 g/mol. The minimum atomic E-state index is -0.139. The Morgan fingerprint density at radius 3 is 2.86 bits per heavy atom. The fourth-order valence-corrected chi connectivity index (χ4v) is 2.02. The number of aryl methyl sites for hydroxylation is 1. The van der Waals surface area contributed by atoms with Crippen LogP contribution < -0.4 is 10.5 Å². The summed E-state index contributed by atoms with van der Waals surface area (Å²) in [6, 6.07) is 6.33. The van der Waals surface area contributed by atoms with E-state index in [2.05, 4.69) is 39.0 Å². The van der Waals surface area contributed by atoms with Gasteiger partial charge in [0.05, 0.1) is 0 Å². The standard InChI is InChI=1S/C12H17NO/c1-8-4-5-9-10(13)7-12(2,3)14-11(9)6-8/h4-6,10H,7,13H2,1-3H3/t10-/m0/s1. The van der Waals surface area contributed by atoms with Gasteiger partial charge >= 0.3 is 0 Å². The molecule has 0 spiro atoms. The molecule has 0 aromatic heterocycles. The summed E-state index contributed by atoms with van der Waals surface area (Å²) in [6.07, 6.45) is 0.878. The SMILES string of the molecule is Cc1ccc2c(c1)OC(C)(C)C[C@@H]2N. The number of hydrogen-bond donors (Lipinski definition) is 1. The highest BCUT2D eigenvalue weighted by molar-refractivity contribution is 5.41. The molecule has 0 saturated carbocycles. The Kier molecular flexibility index (Phi) is 2.04. The number of ether oxygens (including phenoxy) is 1. The van der Waals surface area contributed by atoms with Crippen molar-refractivity contribution < 1.29 is 4.74 Å². The summed E-state index contributed by atoms with van der Waals surface area (Å²) in [5, 5.41) is 0. The summed E-state index contributed by atoms with van der Waals surface area (Å²) in [7, 11) is 0. The van der Waals surface area contributed by atoms with Gasteiger partial charge in [0, 0.05) is 18.0 Å². The van der Waals surface area contributed by atoms with Gasteiger partial charge in [-0.05, 0) is 32.4 Å². The molecule has 1 atom stereocenters. The zero-order valence-corrected chi connectivity index (χ0v) is 9.00. The average Bonchev–Trinajstić information content (AvgIpc) is 2.00. The van der Waals surface area contributed by atoms with E-state index in [1.807, 2.05) is 0 Å². The average molecular weight is 191 g/mol. The summed E-state index contributed by atoms with van der Waals surface area (Å²) in [6.45, 7) is 6.23. The second kappa shape index (κ2) is 2.99. The molecule has 2 heteroatoms. The zero-order valence-electron chi connectivity index (χ0n) is 9.00. The van der Waals surface area contributed by atoms with Crippen LogP contribution in [0.15, 0.2) is 18.2 Å². The number of rotatable bonds is 0. The Morgan fingerprint density at radius 1 is 1.43 bits per heavy atom. The predicted octanol–water partition coefficient (Wildman–Crippen LogP) is 2.56. The van der Waals surface area contributed by atoms with Crippen molar-refractivity contribution in [1.29, 1.82) is 0 Å². The van der Waals surface area contributed by atoms with Crippen LogP contribution in [0.25, 0.3) is 0 Å². The van der Waals surface area contributed by atoms with E-state index in [9.17, 15) is 0 Å². The van der Waals surface area contributed by atoms with Crippen LogP contribution in [0.2, 0.25) is 0 Å². The van der Waals surface area contributed by atoms with Gasteiger partial charge < -0.3 is 10.5 Å². The molecule has 0 fully saturated rings. The van der Waals surface area contributed by atoms with Crippen LogP contribution in [0.3, 0.4) is 0 Å². The second-order valence-electron chi connectivity index (χ2n) is 4.71. The van der Waals surface area contributed by atoms with E-state index in [4.69, 9.17) is 10.5 Å². The molecule has 76 valence electrons. The molecule has 0 saturated heterocycles. The van der Waals surface area contributed by atoms with Crippen LogP contribution in [-0.2, 0) is 0 Å². The summed E-state index contributed by atoms with van der Waals surface area (Å²) < 4.78 is 5.89. The van der Waals surface area contributed by atoms with Crippen molar-refractivity contribution in [2.45, 2.75) is 38.8 Å². The van der Waals surface area contributed by atoms with Gasteiger partial charge in [0.25, 0.3) is 0 Å². The number of hydrogen-bond acceptors (Lipinski definition) is 2. The fraction of sp³-hybridized carbons (Fsp3) is 0.500. The predicted molar refractivity (Wildman–Crippen MR) is 57.4 cm³/mol. The molecular weight excluding hydrogens is 174 g/mol. The van der Waals surface area contributed by atoms with Crippen molar-refractivity contribution in [3.05, 3.63) is 29.3 Å². The number of nitrogens with two attached hydrogens (primary N) is 1. The van der Waals surface area contributed by atoms with Crippen LogP contribution >= 0.6 is 0 Å². The maximum atomic E-state index is 6.09. The minimum absolute atomic E-state index is 0.106. The molecule has 2 rings (SSSR count). The van der Waals surface area contributed by atoms with Gasteiger partial charge in [-0.3, -0.25) is 0 Å². The Bertz CT molecular complexity index is 357. The summed E-state index contributed by atoms with van der Waals surface area (Å²) in [5.74, 6) is 0.953. The van der Waals surface area contributed by atoms with E-state index < -0.39 is 0 Å².